The second-order valence-electron chi connectivity index (χ2n) is 4.68. The molecule has 1 amide bonds. The van der Waals surface area contributed by atoms with Crippen LogP contribution in [0.1, 0.15) is 41.0 Å². The molecule has 0 fully saturated rings. The molecule has 0 atom stereocenters. The van der Waals surface area contributed by atoms with E-state index < -0.39 is 5.41 Å². The predicted octanol–water partition coefficient (Wildman–Crippen LogP) is 1.60. The smallest absolute Gasteiger partial charge is 0.232 e. The Balaban J connectivity index is 4.58. The standard InChI is InChI=1S/C10H20N2OS/c1-6-9(2,3)12-8(13)10(4,5)7(11)14/h6H2,1-5H3,(H2,11,14)(H,12,13). The lowest BCUT2D eigenvalue weighted by Gasteiger charge is -2.30. The number of amides is 1. The van der Waals surface area contributed by atoms with Crippen molar-refractivity contribution in [3.63, 3.8) is 0 Å². The van der Waals surface area contributed by atoms with Crippen LogP contribution < -0.4 is 11.1 Å². The molecule has 0 aliphatic carbocycles. The van der Waals surface area contributed by atoms with Gasteiger partial charge in [-0.2, -0.15) is 0 Å². The predicted molar refractivity (Wildman–Crippen MR) is 63.1 cm³/mol. The topological polar surface area (TPSA) is 55.1 Å². The molecule has 4 heteroatoms. The van der Waals surface area contributed by atoms with Gasteiger partial charge < -0.3 is 11.1 Å². The van der Waals surface area contributed by atoms with E-state index in [0.717, 1.165) is 6.42 Å². The molecular formula is C10H20N2OS. The van der Waals surface area contributed by atoms with Crippen LogP contribution >= 0.6 is 12.2 Å². The van der Waals surface area contributed by atoms with Crippen molar-refractivity contribution >= 4 is 23.1 Å². The molecule has 0 aromatic carbocycles. The number of nitrogens with two attached hydrogens (primary N) is 1. The Hall–Kier alpha value is -0.640. The van der Waals surface area contributed by atoms with Crippen LogP contribution in [-0.4, -0.2) is 16.4 Å². The van der Waals surface area contributed by atoms with Crippen LogP contribution in [0.4, 0.5) is 0 Å². The fourth-order valence-electron chi connectivity index (χ4n) is 0.664. The summed E-state index contributed by atoms with van der Waals surface area (Å²) >= 11 is 4.85. The zero-order valence-electron chi connectivity index (χ0n) is 9.60. The average molecular weight is 216 g/mol. The quantitative estimate of drug-likeness (QED) is 0.702. The second kappa shape index (κ2) is 4.26. The Kier molecular flexibility index (Phi) is 4.06. The van der Waals surface area contributed by atoms with E-state index in [2.05, 4.69) is 5.32 Å². The maximum atomic E-state index is 11.8. The van der Waals surface area contributed by atoms with Crippen LogP contribution in [0.3, 0.4) is 0 Å². The van der Waals surface area contributed by atoms with Gasteiger partial charge in [-0.15, -0.1) is 0 Å². The molecule has 0 spiro atoms. The zero-order valence-corrected chi connectivity index (χ0v) is 10.4. The molecule has 0 aromatic rings. The maximum absolute atomic E-state index is 11.8. The van der Waals surface area contributed by atoms with E-state index in [0.29, 0.717) is 0 Å². The molecule has 0 unspecified atom stereocenters. The van der Waals surface area contributed by atoms with Crippen molar-refractivity contribution in [2.45, 2.75) is 46.6 Å². The molecule has 3 N–H and O–H groups in total. The highest BCUT2D eigenvalue weighted by Gasteiger charge is 2.33. The van der Waals surface area contributed by atoms with Gasteiger partial charge in [-0.05, 0) is 34.1 Å². The van der Waals surface area contributed by atoms with Gasteiger partial charge in [0.25, 0.3) is 0 Å². The number of rotatable bonds is 4. The normalized spacial score (nSPS) is 12.4. The summed E-state index contributed by atoms with van der Waals surface area (Å²) in [6.07, 6.45) is 0.867. The lowest BCUT2D eigenvalue weighted by atomic mass is 9.90. The van der Waals surface area contributed by atoms with E-state index in [9.17, 15) is 4.79 Å². The second-order valence-corrected chi connectivity index (χ2v) is 5.12. The van der Waals surface area contributed by atoms with Crippen molar-refractivity contribution in [1.82, 2.24) is 5.32 Å². The Labute approximate surface area is 91.4 Å². The molecule has 82 valence electrons. The van der Waals surface area contributed by atoms with Crippen LogP contribution in [0.15, 0.2) is 0 Å². The SMILES string of the molecule is CCC(C)(C)NC(=O)C(C)(C)C(N)=S. The number of hydrogen-bond donors (Lipinski definition) is 2. The first kappa shape index (κ1) is 13.4. The number of carbonyl (C=O) groups excluding carboxylic acids is 1. The molecule has 0 aliphatic heterocycles. The van der Waals surface area contributed by atoms with E-state index in [-0.39, 0.29) is 16.4 Å². The molecule has 0 heterocycles. The molecule has 0 saturated carbocycles. The minimum atomic E-state index is -0.776. The fourth-order valence-corrected chi connectivity index (χ4v) is 0.757. The van der Waals surface area contributed by atoms with Crippen LogP contribution in [-0.2, 0) is 4.79 Å². The lowest BCUT2D eigenvalue weighted by molar-refractivity contribution is -0.127. The van der Waals surface area contributed by atoms with Gasteiger partial charge in [-0.25, -0.2) is 0 Å². The molecule has 0 bridgehead atoms. The van der Waals surface area contributed by atoms with E-state index in [1.807, 2.05) is 20.8 Å². The Morgan fingerprint density at radius 2 is 1.79 bits per heavy atom. The number of nitrogens with one attached hydrogen (secondary N) is 1. The molecule has 14 heavy (non-hydrogen) atoms. The Morgan fingerprint density at radius 1 is 1.36 bits per heavy atom. The zero-order chi connectivity index (χ0) is 11.6. The lowest BCUT2D eigenvalue weighted by Crippen LogP contribution is -2.52. The third kappa shape index (κ3) is 3.25. The minimum Gasteiger partial charge on any atom is -0.392 e. The van der Waals surface area contributed by atoms with Crippen molar-refractivity contribution in [1.29, 1.82) is 0 Å². The largest absolute Gasteiger partial charge is 0.392 e. The summed E-state index contributed by atoms with van der Waals surface area (Å²) in [6.45, 7) is 9.43. The first-order valence-corrected chi connectivity index (χ1v) is 5.17. The van der Waals surface area contributed by atoms with Gasteiger partial charge in [0.1, 0.15) is 0 Å². The minimum absolute atomic E-state index is 0.114. The molecule has 0 radical (unpaired) electrons. The molecule has 0 rings (SSSR count). The van der Waals surface area contributed by atoms with E-state index in [4.69, 9.17) is 18.0 Å². The summed E-state index contributed by atoms with van der Waals surface area (Å²) in [5.41, 5.74) is 4.52. The van der Waals surface area contributed by atoms with Gasteiger partial charge >= 0.3 is 0 Å². The summed E-state index contributed by atoms with van der Waals surface area (Å²) in [5.74, 6) is -0.114. The van der Waals surface area contributed by atoms with Crippen LogP contribution in [0.5, 0.6) is 0 Å². The summed E-state index contributed by atoms with van der Waals surface area (Å²) in [5, 5.41) is 2.92. The van der Waals surface area contributed by atoms with Crippen molar-refractivity contribution in [3.8, 4) is 0 Å². The average Bonchev–Trinajstić information content (AvgIpc) is 2.03. The van der Waals surface area contributed by atoms with Crippen molar-refractivity contribution in [2.75, 3.05) is 0 Å². The van der Waals surface area contributed by atoms with Gasteiger partial charge in [-0.3, -0.25) is 4.79 Å². The van der Waals surface area contributed by atoms with E-state index >= 15 is 0 Å². The monoisotopic (exact) mass is 216 g/mol. The number of carbonyl (C=O) groups is 1. The van der Waals surface area contributed by atoms with Gasteiger partial charge in [-0.1, -0.05) is 19.1 Å². The highest BCUT2D eigenvalue weighted by Crippen LogP contribution is 2.18. The summed E-state index contributed by atoms with van der Waals surface area (Å²) in [6, 6.07) is 0. The fraction of sp³-hybridized carbons (Fsp3) is 0.800. The molecule has 0 aromatic heterocycles. The Bertz CT molecular complexity index is 247. The van der Waals surface area contributed by atoms with Crippen molar-refractivity contribution in [3.05, 3.63) is 0 Å². The number of hydrogen-bond acceptors (Lipinski definition) is 2. The van der Waals surface area contributed by atoms with Gasteiger partial charge in [0.15, 0.2) is 0 Å². The van der Waals surface area contributed by atoms with Crippen molar-refractivity contribution in [2.24, 2.45) is 11.1 Å². The van der Waals surface area contributed by atoms with E-state index in [1.54, 1.807) is 13.8 Å². The first-order valence-electron chi connectivity index (χ1n) is 4.76. The summed E-state index contributed by atoms with van der Waals surface area (Å²) in [4.78, 5) is 12.0. The van der Waals surface area contributed by atoms with Crippen LogP contribution in [0.2, 0.25) is 0 Å². The third-order valence-corrected chi connectivity index (χ3v) is 3.03. The maximum Gasteiger partial charge on any atom is 0.232 e. The van der Waals surface area contributed by atoms with Gasteiger partial charge in [0.2, 0.25) is 5.91 Å². The van der Waals surface area contributed by atoms with Crippen LogP contribution in [0, 0.1) is 5.41 Å². The molecule has 0 saturated heterocycles. The molecule has 0 aliphatic rings. The van der Waals surface area contributed by atoms with Gasteiger partial charge in [0.05, 0.1) is 10.4 Å². The summed E-state index contributed by atoms with van der Waals surface area (Å²) in [7, 11) is 0. The molecular weight excluding hydrogens is 196 g/mol. The van der Waals surface area contributed by atoms with Crippen molar-refractivity contribution < 1.29 is 4.79 Å². The highest BCUT2D eigenvalue weighted by atomic mass is 32.1. The highest BCUT2D eigenvalue weighted by molar-refractivity contribution is 7.80. The van der Waals surface area contributed by atoms with Crippen LogP contribution in [0.25, 0.3) is 0 Å². The number of thiocarbonyl (C=S) groups is 1. The Morgan fingerprint density at radius 3 is 2.07 bits per heavy atom. The summed E-state index contributed by atoms with van der Waals surface area (Å²) < 4.78 is 0. The first-order chi connectivity index (χ1) is 6.13. The van der Waals surface area contributed by atoms with Gasteiger partial charge in [0, 0.05) is 5.54 Å². The molecule has 3 nitrogen and oxygen atoms in total. The van der Waals surface area contributed by atoms with E-state index in [1.165, 1.54) is 0 Å². The third-order valence-electron chi connectivity index (χ3n) is 2.52.